The SMILES string of the molecule is CCCCCCCCCCCCC(O)CCS(=O)(=O)O.[H-].[H-].[Mg+2]. The summed E-state index contributed by atoms with van der Waals surface area (Å²) in [4.78, 5) is 0. The topological polar surface area (TPSA) is 74.6 Å². The molecule has 2 N–H and O–H groups in total. The maximum atomic E-state index is 10.5. The summed E-state index contributed by atoms with van der Waals surface area (Å²) in [5, 5.41) is 9.56. The average molecular weight is 335 g/mol. The van der Waals surface area contributed by atoms with Crippen LogP contribution in [0.2, 0.25) is 0 Å². The summed E-state index contributed by atoms with van der Waals surface area (Å²) in [5.74, 6) is -0.341. The molecule has 0 aromatic carbocycles. The summed E-state index contributed by atoms with van der Waals surface area (Å²) in [7, 11) is -3.93. The fraction of sp³-hybridized carbons (Fsp3) is 1.00. The summed E-state index contributed by atoms with van der Waals surface area (Å²) in [6, 6.07) is 0. The van der Waals surface area contributed by atoms with E-state index in [-0.39, 0.29) is 38.1 Å². The molecule has 0 heterocycles. The Morgan fingerprint density at radius 2 is 1.29 bits per heavy atom. The van der Waals surface area contributed by atoms with Crippen molar-refractivity contribution in [2.75, 3.05) is 5.75 Å². The molecule has 0 aliphatic carbocycles. The van der Waals surface area contributed by atoms with Crippen LogP contribution in [-0.4, -0.2) is 53.0 Å². The molecule has 0 amide bonds. The van der Waals surface area contributed by atoms with Crippen LogP contribution in [0.25, 0.3) is 0 Å². The van der Waals surface area contributed by atoms with Crippen LogP contribution in [0.5, 0.6) is 0 Å². The van der Waals surface area contributed by atoms with Crippen LogP contribution in [-0.2, 0) is 10.1 Å². The first kappa shape index (κ1) is 23.9. The van der Waals surface area contributed by atoms with E-state index in [1.54, 1.807) is 0 Å². The van der Waals surface area contributed by atoms with Crippen molar-refractivity contribution in [2.24, 2.45) is 0 Å². The van der Waals surface area contributed by atoms with Crippen molar-refractivity contribution in [3.05, 3.63) is 0 Å². The third-order valence-corrected chi connectivity index (χ3v) is 4.35. The number of unbranched alkanes of at least 4 members (excludes halogenated alkanes) is 9. The van der Waals surface area contributed by atoms with Crippen molar-refractivity contribution >= 4 is 33.2 Å². The van der Waals surface area contributed by atoms with Crippen LogP contribution in [0.3, 0.4) is 0 Å². The van der Waals surface area contributed by atoms with E-state index in [1.807, 2.05) is 0 Å². The molecule has 0 fully saturated rings. The van der Waals surface area contributed by atoms with Crippen LogP contribution in [0.15, 0.2) is 0 Å². The Balaban J connectivity index is -0.000000602. The number of hydrogen-bond donors (Lipinski definition) is 2. The summed E-state index contributed by atoms with van der Waals surface area (Å²) in [5.41, 5.74) is 0. The smallest absolute Gasteiger partial charge is 1.00 e. The van der Waals surface area contributed by atoms with Gasteiger partial charge in [0, 0.05) is 0 Å². The molecule has 0 spiro atoms. The zero-order valence-corrected chi connectivity index (χ0v) is 15.8. The summed E-state index contributed by atoms with van der Waals surface area (Å²) in [6.07, 6.45) is 12.6. The molecule has 1 atom stereocenters. The van der Waals surface area contributed by atoms with Crippen molar-refractivity contribution in [1.29, 1.82) is 0 Å². The van der Waals surface area contributed by atoms with Gasteiger partial charge in [0.15, 0.2) is 0 Å². The Hall–Kier alpha value is 0.636. The van der Waals surface area contributed by atoms with Crippen LogP contribution in [0, 0.1) is 0 Å². The van der Waals surface area contributed by atoms with Crippen molar-refractivity contribution in [3.63, 3.8) is 0 Å². The van der Waals surface area contributed by atoms with E-state index in [0.29, 0.717) is 6.42 Å². The van der Waals surface area contributed by atoms with Gasteiger partial charge in [-0.2, -0.15) is 8.42 Å². The molecule has 0 saturated heterocycles. The maximum Gasteiger partial charge on any atom is 2.00 e. The molecule has 0 aromatic heterocycles. The summed E-state index contributed by atoms with van der Waals surface area (Å²) >= 11 is 0. The maximum absolute atomic E-state index is 10.5. The van der Waals surface area contributed by atoms with Gasteiger partial charge >= 0.3 is 23.1 Å². The molecule has 0 aliphatic heterocycles. The van der Waals surface area contributed by atoms with Crippen molar-refractivity contribution in [1.82, 2.24) is 0 Å². The monoisotopic (exact) mass is 334 g/mol. The van der Waals surface area contributed by atoms with E-state index >= 15 is 0 Å². The Morgan fingerprint density at radius 3 is 1.71 bits per heavy atom. The fourth-order valence-corrected chi connectivity index (χ4v) is 2.87. The molecule has 6 heteroatoms. The van der Waals surface area contributed by atoms with Gasteiger partial charge < -0.3 is 7.96 Å². The molecule has 4 nitrogen and oxygen atoms in total. The minimum atomic E-state index is -3.93. The first-order valence-corrected chi connectivity index (χ1v) is 9.70. The number of rotatable bonds is 14. The molecular formula is C15H34MgO4S. The minimum absolute atomic E-state index is 0. The van der Waals surface area contributed by atoms with Crippen molar-refractivity contribution < 1.29 is 20.9 Å². The quantitative estimate of drug-likeness (QED) is 0.288. The third-order valence-electron chi connectivity index (χ3n) is 3.60. The van der Waals surface area contributed by atoms with E-state index in [0.717, 1.165) is 12.8 Å². The largest absolute Gasteiger partial charge is 2.00 e. The number of aliphatic hydroxyl groups excluding tert-OH is 1. The molecule has 0 rings (SSSR count). The van der Waals surface area contributed by atoms with Gasteiger partial charge in [-0.05, 0) is 12.8 Å². The second kappa shape index (κ2) is 15.5. The van der Waals surface area contributed by atoms with Crippen LogP contribution >= 0.6 is 0 Å². The predicted molar refractivity (Wildman–Crippen MR) is 91.5 cm³/mol. The molecular weight excluding hydrogens is 301 g/mol. The van der Waals surface area contributed by atoms with Crippen LogP contribution < -0.4 is 0 Å². The van der Waals surface area contributed by atoms with Gasteiger partial charge in [-0.1, -0.05) is 71.1 Å². The Bertz CT molecular complexity index is 317. The third kappa shape index (κ3) is 20.6. The van der Waals surface area contributed by atoms with Crippen LogP contribution in [0.4, 0.5) is 0 Å². The van der Waals surface area contributed by atoms with Gasteiger partial charge in [0.2, 0.25) is 0 Å². The number of hydrogen-bond acceptors (Lipinski definition) is 3. The second-order valence-corrected chi connectivity index (χ2v) is 7.27. The molecule has 1 unspecified atom stereocenters. The second-order valence-electron chi connectivity index (χ2n) is 5.70. The Morgan fingerprint density at radius 1 is 0.857 bits per heavy atom. The van der Waals surface area contributed by atoms with Crippen molar-refractivity contribution in [2.45, 2.75) is 90.1 Å². The van der Waals surface area contributed by atoms with Gasteiger partial charge in [0.1, 0.15) is 0 Å². The minimum Gasteiger partial charge on any atom is -1.00 e. The normalized spacial score (nSPS) is 12.9. The summed E-state index contributed by atoms with van der Waals surface area (Å²) in [6.45, 7) is 2.23. The molecule has 0 aromatic rings. The molecule has 0 bridgehead atoms. The molecule has 126 valence electrons. The van der Waals surface area contributed by atoms with E-state index < -0.39 is 16.2 Å². The van der Waals surface area contributed by atoms with E-state index in [4.69, 9.17) is 4.55 Å². The number of aliphatic hydroxyl groups is 1. The summed E-state index contributed by atoms with van der Waals surface area (Å²) < 4.78 is 29.6. The van der Waals surface area contributed by atoms with E-state index in [1.165, 1.54) is 51.4 Å². The van der Waals surface area contributed by atoms with Gasteiger partial charge in [-0.15, -0.1) is 0 Å². The molecule has 0 aliphatic rings. The van der Waals surface area contributed by atoms with Crippen molar-refractivity contribution in [3.8, 4) is 0 Å². The zero-order chi connectivity index (χ0) is 15.3. The van der Waals surface area contributed by atoms with E-state index in [9.17, 15) is 13.5 Å². The van der Waals surface area contributed by atoms with Gasteiger partial charge in [-0.3, -0.25) is 4.55 Å². The Labute approximate surface area is 150 Å². The van der Waals surface area contributed by atoms with Gasteiger partial charge in [0.25, 0.3) is 10.1 Å². The average Bonchev–Trinajstić information content (AvgIpc) is 2.38. The zero-order valence-electron chi connectivity index (χ0n) is 15.6. The van der Waals surface area contributed by atoms with Gasteiger partial charge in [0.05, 0.1) is 11.9 Å². The van der Waals surface area contributed by atoms with E-state index in [2.05, 4.69) is 6.92 Å². The standard InChI is InChI=1S/C15H32O4S.Mg.2H/c1-2-3-4-5-6-7-8-9-10-11-12-15(16)13-14-20(17,18)19;;;/h15-16H,2-14H2,1H3,(H,17,18,19);;;/q;+2;2*-1. The first-order valence-electron chi connectivity index (χ1n) is 8.09. The Kier molecular flexibility index (Phi) is 17.7. The fourth-order valence-electron chi connectivity index (χ4n) is 2.30. The van der Waals surface area contributed by atoms with Crippen LogP contribution in [0.1, 0.15) is 86.8 Å². The molecule has 0 radical (unpaired) electrons. The predicted octanol–water partition coefficient (Wildman–Crippen LogP) is 3.78. The molecule has 21 heavy (non-hydrogen) atoms. The molecule has 0 saturated carbocycles. The first-order chi connectivity index (χ1) is 9.45. The van der Waals surface area contributed by atoms with Gasteiger partial charge in [-0.25, -0.2) is 0 Å².